The normalized spacial score (nSPS) is 24.9. The summed E-state index contributed by atoms with van der Waals surface area (Å²) in [6.07, 6.45) is 2.72. The predicted octanol–water partition coefficient (Wildman–Crippen LogP) is 1.76. The number of hydrogen-bond donors (Lipinski definition) is 0. The molecule has 2 fully saturated rings. The van der Waals surface area contributed by atoms with Gasteiger partial charge in [-0.15, -0.1) is 0 Å². The van der Waals surface area contributed by atoms with E-state index in [2.05, 4.69) is 4.90 Å². The van der Waals surface area contributed by atoms with Crippen LogP contribution in [-0.4, -0.2) is 73.3 Å². The van der Waals surface area contributed by atoms with E-state index in [9.17, 15) is 9.59 Å². The fraction of sp³-hybridized carbons (Fsp3) is 0.647. The van der Waals surface area contributed by atoms with Crippen LogP contribution in [0.5, 0.6) is 0 Å². The lowest BCUT2D eigenvalue weighted by Crippen LogP contribution is -2.50. The maximum absolute atomic E-state index is 12.9. The van der Waals surface area contributed by atoms with E-state index < -0.39 is 0 Å². The van der Waals surface area contributed by atoms with E-state index in [0.29, 0.717) is 6.54 Å². The van der Waals surface area contributed by atoms with Crippen LogP contribution in [-0.2, 0) is 4.79 Å². The highest BCUT2D eigenvalue weighted by Crippen LogP contribution is 2.40. The van der Waals surface area contributed by atoms with Crippen LogP contribution in [0.15, 0.2) is 16.8 Å². The molecule has 0 saturated carbocycles. The first-order chi connectivity index (χ1) is 11.0. The molecule has 0 aromatic carbocycles. The summed E-state index contributed by atoms with van der Waals surface area (Å²) in [5.74, 6) is 0.326. The minimum atomic E-state index is -0.337. The lowest BCUT2D eigenvalue weighted by atomic mass is 9.78. The Morgan fingerprint density at radius 1 is 1.35 bits per heavy atom. The van der Waals surface area contributed by atoms with E-state index in [1.807, 2.05) is 40.7 Å². The van der Waals surface area contributed by atoms with Crippen LogP contribution in [0.2, 0.25) is 0 Å². The molecule has 2 aliphatic heterocycles. The van der Waals surface area contributed by atoms with Crippen LogP contribution in [0.1, 0.15) is 29.6 Å². The summed E-state index contributed by atoms with van der Waals surface area (Å²) in [7, 11) is 4.05. The molecule has 1 aromatic rings. The molecule has 5 nitrogen and oxygen atoms in total. The SMILES string of the molecule is CN(C)CCN1CCC2(CCCN(C(=O)c3ccsc3)C2)C1=O. The molecule has 1 atom stereocenters. The highest BCUT2D eigenvalue weighted by atomic mass is 32.1. The molecule has 1 spiro atoms. The molecule has 2 saturated heterocycles. The Morgan fingerprint density at radius 2 is 2.17 bits per heavy atom. The van der Waals surface area contributed by atoms with E-state index in [-0.39, 0.29) is 17.2 Å². The summed E-state index contributed by atoms with van der Waals surface area (Å²) in [5.41, 5.74) is 0.415. The number of likely N-dealkylation sites (N-methyl/N-ethyl adjacent to an activating group) is 1. The number of carbonyl (C=O) groups is 2. The van der Waals surface area contributed by atoms with Crippen molar-refractivity contribution in [1.29, 1.82) is 0 Å². The number of amides is 2. The number of carbonyl (C=O) groups excluding carboxylic acids is 2. The Balaban J connectivity index is 1.68. The summed E-state index contributed by atoms with van der Waals surface area (Å²) in [4.78, 5) is 31.5. The minimum Gasteiger partial charge on any atom is -0.341 e. The van der Waals surface area contributed by atoms with E-state index in [0.717, 1.165) is 51.0 Å². The van der Waals surface area contributed by atoms with Crippen molar-refractivity contribution in [3.05, 3.63) is 22.4 Å². The Labute approximate surface area is 141 Å². The summed E-state index contributed by atoms with van der Waals surface area (Å²) >= 11 is 1.54. The van der Waals surface area contributed by atoms with Gasteiger partial charge in [0.05, 0.1) is 11.0 Å². The van der Waals surface area contributed by atoms with Crippen molar-refractivity contribution in [3.8, 4) is 0 Å². The molecular weight excluding hydrogens is 310 g/mol. The van der Waals surface area contributed by atoms with Gasteiger partial charge in [-0.25, -0.2) is 0 Å². The second-order valence-electron chi connectivity index (χ2n) is 6.97. The van der Waals surface area contributed by atoms with Crippen LogP contribution in [0.4, 0.5) is 0 Å². The predicted molar refractivity (Wildman–Crippen MR) is 91.6 cm³/mol. The second kappa shape index (κ2) is 6.61. The maximum Gasteiger partial charge on any atom is 0.254 e. The van der Waals surface area contributed by atoms with Crippen molar-refractivity contribution in [1.82, 2.24) is 14.7 Å². The molecule has 2 aliphatic rings. The van der Waals surface area contributed by atoms with Crippen molar-refractivity contribution >= 4 is 23.2 Å². The van der Waals surface area contributed by atoms with Crippen LogP contribution in [0.25, 0.3) is 0 Å². The number of thiophene rings is 1. The molecule has 1 unspecified atom stereocenters. The van der Waals surface area contributed by atoms with Crippen molar-refractivity contribution in [2.45, 2.75) is 19.3 Å². The molecule has 3 rings (SSSR count). The van der Waals surface area contributed by atoms with Crippen molar-refractivity contribution in [3.63, 3.8) is 0 Å². The Morgan fingerprint density at radius 3 is 2.87 bits per heavy atom. The molecule has 2 amide bonds. The fourth-order valence-electron chi connectivity index (χ4n) is 3.68. The zero-order valence-corrected chi connectivity index (χ0v) is 14.8. The first kappa shape index (κ1) is 16.5. The lowest BCUT2D eigenvalue weighted by molar-refractivity contribution is -0.138. The molecule has 6 heteroatoms. The third kappa shape index (κ3) is 3.28. The van der Waals surface area contributed by atoms with Crippen LogP contribution in [0.3, 0.4) is 0 Å². The van der Waals surface area contributed by atoms with Gasteiger partial charge in [-0.2, -0.15) is 11.3 Å². The quantitative estimate of drug-likeness (QED) is 0.842. The third-order valence-corrected chi connectivity index (χ3v) is 5.73. The zero-order valence-electron chi connectivity index (χ0n) is 14.0. The molecular formula is C17H25N3O2S. The smallest absolute Gasteiger partial charge is 0.254 e. The Kier molecular flexibility index (Phi) is 4.73. The monoisotopic (exact) mass is 335 g/mol. The van der Waals surface area contributed by atoms with Gasteiger partial charge >= 0.3 is 0 Å². The number of rotatable bonds is 4. The van der Waals surface area contributed by atoms with Crippen LogP contribution >= 0.6 is 11.3 Å². The number of hydrogen-bond acceptors (Lipinski definition) is 4. The van der Waals surface area contributed by atoms with E-state index in [1.165, 1.54) is 11.3 Å². The van der Waals surface area contributed by atoms with Gasteiger partial charge < -0.3 is 14.7 Å². The summed E-state index contributed by atoms with van der Waals surface area (Å²) in [6, 6.07) is 1.87. The summed E-state index contributed by atoms with van der Waals surface area (Å²) < 4.78 is 0. The average Bonchev–Trinajstić information content (AvgIpc) is 3.16. The van der Waals surface area contributed by atoms with Gasteiger partial charge in [-0.05, 0) is 44.8 Å². The standard InChI is InChI=1S/C17H25N3O2S/c1-18(2)9-10-19-8-6-17(16(19)22)5-3-7-20(13-17)15(21)14-4-11-23-12-14/h4,11-12H,3,5-10,13H2,1-2H3. The van der Waals surface area contributed by atoms with E-state index >= 15 is 0 Å². The van der Waals surface area contributed by atoms with E-state index in [4.69, 9.17) is 0 Å². The largest absolute Gasteiger partial charge is 0.341 e. The fourth-order valence-corrected chi connectivity index (χ4v) is 4.31. The first-order valence-corrected chi connectivity index (χ1v) is 9.22. The van der Waals surface area contributed by atoms with Gasteiger partial charge in [0.15, 0.2) is 0 Å². The van der Waals surface area contributed by atoms with Gasteiger partial charge in [0, 0.05) is 38.1 Å². The minimum absolute atomic E-state index is 0.0740. The molecule has 1 aromatic heterocycles. The van der Waals surface area contributed by atoms with E-state index in [1.54, 1.807) is 0 Å². The second-order valence-corrected chi connectivity index (χ2v) is 7.75. The molecule has 0 radical (unpaired) electrons. The number of nitrogens with zero attached hydrogens (tertiary/aromatic N) is 3. The van der Waals surface area contributed by atoms with Gasteiger partial charge in [-0.1, -0.05) is 0 Å². The topological polar surface area (TPSA) is 43.9 Å². The van der Waals surface area contributed by atoms with Gasteiger partial charge in [0.2, 0.25) is 5.91 Å². The van der Waals surface area contributed by atoms with Crippen molar-refractivity contribution in [2.75, 3.05) is 46.8 Å². The van der Waals surface area contributed by atoms with Crippen LogP contribution in [0, 0.1) is 5.41 Å². The lowest BCUT2D eigenvalue weighted by Gasteiger charge is -2.39. The molecule has 0 bridgehead atoms. The average molecular weight is 335 g/mol. The number of likely N-dealkylation sites (tertiary alicyclic amines) is 2. The highest BCUT2D eigenvalue weighted by molar-refractivity contribution is 7.08. The Hall–Kier alpha value is -1.40. The summed E-state index contributed by atoms with van der Waals surface area (Å²) in [6.45, 7) is 3.85. The molecule has 126 valence electrons. The van der Waals surface area contributed by atoms with Crippen molar-refractivity contribution in [2.24, 2.45) is 5.41 Å². The molecule has 3 heterocycles. The third-order valence-electron chi connectivity index (χ3n) is 5.05. The first-order valence-electron chi connectivity index (χ1n) is 8.27. The Bertz CT molecular complexity index is 572. The van der Waals surface area contributed by atoms with Gasteiger partial charge in [-0.3, -0.25) is 9.59 Å². The van der Waals surface area contributed by atoms with Gasteiger partial charge in [0.25, 0.3) is 5.91 Å². The van der Waals surface area contributed by atoms with Crippen molar-refractivity contribution < 1.29 is 9.59 Å². The molecule has 0 aliphatic carbocycles. The van der Waals surface area contributed by atoms with Gasteiger partial charge in [0.1, 0.15) is 0 Å². The molecule has 0 N–H and O–H groups in total. The summed E-state index contributed by atoms with van der Waals surface area (Å²) in [5, 5.41) is 3.82. The van der Waals surface area contributed by atoms with Crippen LogP contribution < -0.4 is 0 Å². The molecule has 23 heavy (non-hydrogen) atoms. The zero-order chi connectivity index (χ0) is 16.4. The highest BCUT2D eigenvalue weighted by Gasteiger charge is 2.49. The maximum atomic E-state index is 12.9. The number of piperidine rings is 1.